The van der Waals surface area contributed by atoms with Gasteiger partial charge in [-0.15, -0.1) is 0 Å². The number of amides is 2. The highest BCUT2D eigenvalue weighted by Crippen LogP contribution is 2.35. The molecule has 1 atom stereocenters. The smallest absolute Gasteiger partial charge is 0.338 e. The van der Waals surface area contributed by atoms with E-state index in [-0.39, 0.29) is 6.61 Å². The summed E-state index contributed by atoms with van der Waals surface area (Å²) in [5.41, 5.74) is 1.36. The van der Waals surface area contributed by atoms with Crippen LogP contribution in [-0.4, -0.2) is 32.8 Å². The second-order valence-electron chi connectivity index (χ2n) is 5.07. The molecule has 1 aliphatic rings. The summed E-state index contributed by atoms with van der Waals surface area (Å²) in [5.74, 6) is 0.554. The fraction of sp³-hybridized carbons (Fsp3) is 0.294. The quantitative estimate of drug-likeness (QED) is 0.615. The average Bonchev–Trinajstić information content (AvgIpc) is 2.58. The monoisotopic (exact) mass is 332 g/mol. The van der Waals surface area contributed by atoms with Crippen LogP contribution >= 0.6 is 0 Å². The summed E-state index contributed by atoms with van der Waals surface area (Å²) in [7, 11) is 3.05. The highest BCUT2D eigenvalue weighted by molar-refractivity contribution is 5.95. The molecule has 0 bridgehead atoms. The molecule has 24 heavy (non-hydrogen) atoms. The molecule has 1 aromatic carbocycles. The van der Waals surface area contributed by atoms with Crippen LogP contribution in [0.2, 0.25) is 0 Å². The molecule has 0 fully saturated rings. The average molecular weight is 332 g/mol. The number of ether oxygens (including phenoxy) is 3. The van der Waals surface area contributed by atoms with Gasteiger partial charge in [0.25, 0.3) is 0 Å². The molecule has 0 aliphatic carbocycles. The van der Waals surface area contributed by atoms with Crippen LogP contribution in [-0.2, 0) is 9.53 Å². The van der Waals surface area contributed by atoms with E-state index in [2.05, 4.69) is 17.2 Å². The zero-order valence-electron chi connectivity index (χ0n) is 13.8. The Bertz CT molecular complexity index is 696. The third-order valence-corrected chi connectivity index (χ3v) is 3.57. The topological polar surface area (TPSA) is 85.9 Å². The van der Waals surface area contributed by atoms with Gasteiger partial charge in [0.1, 0.15) is 18.1 Å². The Morgan fingerprint density at radius 2 is 2.08 bits per heavy atom. The highest BCUT2D eigenvalue weighted by Gasteiger charge is 2.33. The number of urea groups is 1. The van der Waals surface area contributed by atoms with Crippen molar-refractivity contribution in [2.24, 2.45) is 0 Å². The number of nitrogens with one attached hydrogen (secondary N) is 2. The van der Waals surface area contributed by atoms with Gasteiger partial charge in [0.05, 0.1) is 25.8 Å². The van der Waals surface area contributed by atoms with E-state index in [1.807, 2.05) is 0 Å². The number of methoxy groups -OCH3 is 2. The number of hydrogen-bond acceptors (Lipinski definition) is 5. The second kappa shape index (κ2) is 7.54. The van der Waals surface area contributed by atoms with Crippen molar-refractivity contribution >= 4 is 12.0 Å². The van der Waals surface area contributed by atoms with Gasteiger partial charge in [-0.05, 0) is 19.1 Å². The van der Waals surface area contributed by atoms with E-state index in [0.29, 0.717) is 28.3 Å². The normalized spacial score (nSPS) is 16.8. The van der Waals surface area contributed by atoms with E-state index in [1.54, 1.807) is 32.2 Å². The lowest BCUT2D eigenvalue weighted by Gasteiger charge is -2.29. The van der Waals surface area contributed by atoms with Crippen molar-refractivity contribution in [2.45, 2.75) is 13.0 Å². The van der Waals surface area contributed by atoms with Crippen LogP contribution in [0.25, 0.3) is 0 Å². The van der Waals surface area contributed by atoms with Crippen molar-refractivity contribution in [3.8, 4) is 11.5 Å². The van der Waals surface area contributed by atoms with Crippen molar-refractivity contribution in [1.29, 1.82) is 0 Å². The molecule has 1 heterocycles. The van der Waals surface area contributed by atoms with Gasteiger partial charge in [-0.25, -0.2) is 9.59 Å². The van der Waals surface area contributed by atoms with Crippen molar-refractivity contribution in [3.05, 3.63) is 47.7 Å². The SMILES string of the molecule is C=CCOC(=O)C1=C(C)NC(=O)NC1c1ccc(OC)cc1OC. The van der Waals surface area contributed by atoms with E-state index >= 15 is 0 Å². The maximum absolute atomic E-state index is 12.4. The first kappa shape index (κ1) is 17.4. The first-order valence-corrected chi connectivity index (χ1v) is 7.30. The van der Waals surface area contributed by atoms with Crippen LogP contribution in [0, 0.1) is 0 Å². The second-order valence-corrected chi connectivity index (χ2v) is 5.07. The standard InChI is InChI=1S/C17H20N2O5/c1-5-8-24-16(20)14-10(2)18-17(21)19-15(14)12-7-6-11(22-3)9-13(12)23-4/h5-7,9,15H,1,8H2,2-4H3,(H2,18,19,21). The van der Waals surface area contributed by atoms with Gasteiger partial charge in [-0.2, -0.15) is 0 Å². The first-order valence-electron chi connectivity index (χ1n) is 7.30. The highest BCUT2D eigenvalue weighted by atomic mass is 16.5. The Hall–Kier alpha value is -2.96. The summed E-state index contributed by atoms with van der Waals surface area (Å²) >= 11 is 0. The van der Waals surface area contributed by atoms with Gasteiger partial charge in [0.15, 0.2) is 0 Å². The van der Waals surface area contributed by atoms with E-state index in [4.69, 9.17) is 14.2 Å². The zero-order valence-corrected chi connectivity index (χ0v) is 13.8. The molecule has 128 valence electrons. The van der Waals surface area contributed by atoms with Gasteiger partial charge < -0.3 is 24.8 Å². The van der Waals surface area contributed by atoms with Gasteiger partial charge in [0.2, 0.25) is 0 Å². The van der Waals surface area contributed by atoms with Crippen molar-refractivity contribution in [3.63, 3.8) is 0 Å². The number of carbonyl (C=O) groups is 2. The summed E-state index contributed by atoms with van der Waals surface area (Å²) in [6.45, 7) is 5.24. The van der Waals surface area contributed by atoms with Crippen LogP contribution in [0.4, 0.5) is 4.79 Å². The number of hydrogen-bond donors (Lipinski definition) is 2. The van der Waals surface area contributed by atoms with Crippen LogP contribution in [0.3, 0.4) is 0 Å². The largest absolute Gasteiger partial charge is 0.497 e. The molecule has 1 aromatic rings. The minimum Gasteiger partial charge on any atom is -0.497 e. The minimum absolute atomic E-state index is 0.0794. The lowest BCUT2D eigenvalue weighted by Crippen LogP contribution is -2.45. The molecule has 0 aromatic heterocycles. The molecule has 7 nitrogen and oxygen atoms in total. The van der Waals surface area contributed by atoms with Gasteiger partial charge >= 0.3 is 12.0 Å². The lowest BCUT2D eigenvalue weighted by atomic mass is 9.94. The number of rotatable bonds is 6. The molecule has 7 heteroatoms. The first-order chi connectivity index (χ1) is 11.5. The summed E-state index contributed by atoms with van der Waals surface area (Å²) in [6, 6.07) is 4.05. The molecular weight excluding hydrogens is 312 g/mol. The Labute approximate surface area is 140 Å². The molecule has 2 N–H and O–H groups in total. The molecule has 1 aliphatic heterocycles. The molecule has 2 amide bonds. The summed E-state index contributed by atoms with van der Waals surface area (Å²) in [6.07, 6.45) is 1.48. The van der Waals surface area contributed by atoms with Crippen LogP contribution < -0.4 is 20.1 Å². The molecule has 0 saturated heterocycles. The van der Waals surface area contributed by atoms with Crippen molar-refractivity contribution in [1.82, 2.24) is 10.6 Å². The van der Waals surface area contributed by atoms with E-state index < -0.39 is 18.0 Å². The third kappa shape index (κ3) is 3.51. The van der Waals surface area contributed by atoms with Crippen molar-refractivity contribution < 1.29 is 23.8 Å². The number of benzene rings is 1. The van der Waals surface area contributed by atoms with E-state index in [0.717, 1.165) is 0 Å². The Balaban J connectivity index is 2.48. The molecular formula is C17H20N2O5. The summed E-state index contributed by atoms with van der Waals surface area (Å²) in [4.78, 5) is 24.3. The minimum atomic E-state index is -0.697. The molecule has 1 unspecified atom stereocenters. The van der Waals surface area contributed by atoms with Crippen LogP contribution in [0.15, 0.2) is 42.1 Å². The van der Waals surface area contributed by atoms with E-state index in [9.17, 15) is 9.59 Å². The Morgan fingerprint density at radius 1 is 1.33 bits per heavy atom. The van der Waals surface area contributed by atoms with E-state index in [1.165, 1.54) is 13.2 Å². The van der Waals surface area contributed by atoms with Gasteiger partial charge in [-0.3, -0.25) is 0 Å². The number of esters is 1. The van der Waals surface area contributed by atoms with Gasteiger partial charge in [0, 0.05) is 17.3 Å². The molecule has 0 radical (unpaired) electrons. The summed E-state index contributed by atoms with van der Waals surface area (Å²) in [5, 5.41) is 5.31. The fourth-order valence-electron chi connectivity index (χ4n) is 2.47. The predicted molar refractivity (Wildman–Crippen MR) is 87.8 cm³/mol. The van der Waals surface area contributed by atoms with Crippen LogP contribution in [0.1, 0.15) is 18.5 Å². The molecule has 0 spiro atoms. The maximum atomic E-state index is 12.4. The third-order valence-electron chi connectivity index (χ3n) is 3.57. The van der Waals surface area contributed by atoms with Crippen molar-refractivity contribution in [2.75, 3.05) is 20.8 Å². The zero-order chi connectivity index (χ0) is 17.7. The fourth-order valence-corrected chi connectivity index (χ4v) is 2.47. The Kier molecular flexibility index (Phi) is 5.47. The lowest BCUT2D eigenvalue weighted by molar-refractivity contribution is -0.138. The Morgan fingerprint density at radius 3 is 2.71 bits per heavy atom. The molecule has 0 saturated carbocycles. The van der Waals surface area contributed by atoms with Gasteiger partial charge in [-0.1, -0.05) is 12.7 Å². The summed E-state index contributed by atoms with van der Waals surface area (Å²) < 4.78 is 15.7. The van der Waals surface area contributed by atoms with Crippen LogP contribution in [0.5, 0.6) is 11.5 Å². The number of allylic oxidation sites excluding steroid dienone is 1. The number of carbonyl (C=O) groups excluding carboxylic acids is 2. The predicted octanol–water partition coefficient (Wildman–Crippen LogP) is 2.06. The maximum Gasteiger partial charge on any atom is 0.338 e. The molecule has 2 rings (SSSR count).